The SMILES string of the molecule is COc1cc2c(cc1-c1cncc(C#N)c1)-c1c(c(C(=O)N3CCOCC3(C)C)nn1-c1cc(Cl)cc(Cl)c1)SC2. The molecule has 41 heavy (non-hydrogen) atoms. The van der Waals surface area contributed by atoms with Gasteiger partial charge in [0.2, 0.25) is 0 Å². The normalized spacial score (nSPS) is 15.6. The van der Waals surface area contributed by atoms with Crippen LogP contribution in [-0.4, -0.2) is 58.0 Å². The summed E-state index contributed by atoms with van der Waals surface area (Å²) in [6, 6.07) is 13.1. The van der Waals surface area contributed by atoms with Gasteiger partial charge in [0.1, 0.15) is 11.8 Å². The van der Waals surface area contributed by atoms with Crippen molar-refractivity contribution in [3.05, 3.63) is 75.7 Å². The lowest BCUT2D eigenvalue weighted by molar-refractivity contribution is -0.0374. The monoisotopic (exact) mass is 605 g/mol. The van der Waals surface area contributed by atoms with E-state index in [9.17, 15) is 10.1 Å². The number of hydrogen-bond donors (Lipinski definition) is 0. The van der Waals surface area contributed by atoms with E-state index in [1.165, 1.54) is 6.20 Å². The highest BCUT2D eigenvalue weighted by Gasteiger charge is 2.39. The van der Waals surface area contributed by atoms with Crippen LogP contribution in [0.25, 0.3) is 28.1 Å². The van der Waals surface area contributed by atoms with Gasteiger partial charge in [-0.3, -0.25) is 9.78 Å². The van der Waals surface area contributed by atoms with E-state index < -0.39 is 5.54 Å². The number of halogens is 2. The molecule has 1 saturated heterocycles. The largest absolute Gasteiger partial charge is 0.496 e. The minimum atomic E-state index is -0.484. The van der Waals surface area contributed by atoms with E-state index in [0.29, 0.717) is 58.3 Å². The molecule has 2 aromatic carbocycles. The molecular formula is C30H25Cl2N5O3S. The van der Waals surface area contributed by atoms with Crippen LogP contribution in [0.3, 0.4) is 0 Å². The summed E-state index contributed by atoms with van der Waals surface area (Å²) >= 11 is 14.4. The Morgan fingerprint density at radius 1 is 1.12 bits per heavy atom. The number of hydrogen-bond acceptors (Lipinski definition) is 7. The predicted molar refractivity (Wildman–Crippen MR) is 159 cm³/mol. The van der Waals surface area contributed by atoms with E-state index in [2.05, 4.69) is 11.1 Å². The van der Waals surface area contributed by atoms with Crippen molar-refractivity contribution in [1.82, 2.24) is 19.7 Å². The third-order valence-electron chi connectivity index (χ3n) is 7.26. The van der Waals surface area contributed by atoms with E-state index in [1.807, 2.05) is 30.9 Å². The fourth-order valence-corrected chi connectivity index (χ4v) is 6.93. The van der Waals surface area contributed by atoms with Gasteiger partial charge >= 0.3 is 0 Å². The van der Waals surface area contributed by atoms with Crippen LogP contribution < -0.4 is 4.74 Å². The van der Waals surface area contributed by atoms with Crippen LogP contribution in [0.2, 0.25) is 10.0 Å². The van der Waals surface area contributed by atoms with Gasteiger partial charge in [0.25, 0.3) is 5.91 Å². The number of amides is 1. The molecule has 0 unspecified atom stereocenters. The summed E-state index contributed by atoms with van der Waals surface area (Å²) in [5, 5.41) is 15.3. The maximum absolute atomic E-state index is 14.1. The first-order valence-electron chi connectivity index (χ1n) is 12.9. The molecule has 0 spiro atoms. The first-order chi connectivity index (χ1) is 19.7. The molecule has 11 heteroatoms. The number of carbonyl (C=O) groups is 1. The standard InChI is InChI=1S/C30H25Cl2N5O3S/c1-30(2)16-40-5-4-36(30)29(38)26-28-27(37(35-26)22-9-20(31)8-21(32)10-22)24-11-23(18-6-17(12-33)13-34-14-18)25(39-3)7-19(24)15-41-28/h6-11,13-14H,4-5,15-16H2,1-3H3. The first-order valence-corrected chi connectivity index (χ1v) is 14.6. The van der Waals surface area contributed by atoms with Gasteiger partial charge in [-0.1, -0.05) is 23.2 Å². The van der Waals surface area contributed by atoms with Gasteiger partial charge in [-0.25, -0.2) is 4.68 Å². The fourth-order valence-electron chi connectivity index (χ4n) is 5.28. The summed E-state index contributed by atoms with van der Waals surface area (Å²) < 4.78 is 13.2. The lowest BCUT2D eigenvalue weighted by Crippen LogP contribution is -2.55. The summed E-state index contributed by atoms with van der Waals surface area (Å²) in [5.41, 5.74) is 5.15. The number of morpholine rings is 1. The number of fused-ring (bicyclic) bond motifs is 3. The molecule has 2 aromatic heterocycles. The average Bonchev–Trinajstić information content (AvgIpc) is 3.35. The molecule has 2 aliphatic rings. The Kier molecular flexibility index (Phi) is 7.20. The van der Waals surface area contributed by atoms with Gasteiger partial charge in [0.05, 0.1) is 47.7 Å². The maximum atomic E-state index is 14.1. The van der Waals surface area contributed by atoms with Gasteiger partial charge < -0.3 is 14.4 Å². The zero-order valence-corrected chi connectivity index (χ0v) is 24.9. The Hall–Kier alpha value is -3.55. The van der Waals surface area contributed by atoms with Crippen molar-refractivity contribution >= 4 is 40.9 Å². The number of nitriles is 1. The minimum Gasteiger partial charge on any atom is -0.496 e. The summed E-state index contributed by atoms with van der Waals surface area (Å²) in [5.74, 6) is 1.12. The molecular weight excluding hydrogens is 581 g/mol. The molecule has 0 N–H and O–H groups in total. The Morgan fingerprint density at radius 2 is 1.90 bits per heavy atom. The number of rotatable bonds is 4. The molecule has 6 rings (SSSR count). The highest BCUT2D eigenvalue weighted by molar-refractivity contribution is 7.98. The lowest BCUT2D eigenvalue weighted by Gasteiger charge is -2.41. The molecule has 1 fully saturated rings. The number of nitrogens with zero attached hydrogens (tertiary/aromatic N) is 5. The van der Waals surface area contributed by atoms with Gasteiger partial charge in [-0.2, -0.15) is 10.4 Å². The Balaban J connectivity index is 1.60. The molecule has 0 atom stereocenters. The Bertz CT molecular complexity index is 1730. The van der Waals surface area contributed by atoms with Crippen LogP contribution in [0.1, 0.15) is 35.5 Å². The quantitative estimate of drug-likeness (QED) is 0.257. The average molecular weight is 607 g/mol. The number of carbonyl (C=O) groups excluding carboxylic acids is 1. The third-order valence-corrected chi connectivity index (χ3v) is 8.82. The summed E-state index contributed by atoms with van der Waals surface area (Å²) in [6.07, 6.45) is 3.22. The molecule has 0 bridgehead atoms. The number of ether oxygens (including phenoxy) is 2. The smallest absolute Gasteiger partial charge is 0.276 e. The van der Waals surface area contributed by atoms with E-state index in [0.717, 1.165) is 32.8 Å². The second kappa shape index (κ2) is 10.7. The number of benzene rings is 2. The van der Waals surface area contributed by atoms with Crippen molar-refractivity contribution in [2.45, 2.75) is 30.0 Å². The van der Waals surface area contributed by atoms with E-state index in [1.54, 1.807) is 54.0 Å². The van der Waals surface area contributed by atoms with E-state index >= 15 is 0 Å². The third kappa shape index (κ3) is 4.95. The number of methoxy groups -OCH3 is 1. The number of aromatic nitrogens is 3. The van der Waals surface area contributed by atoms with Crippen molar-refractivity contribution in [1.29, 1.82) is 5.26 Å². The molecule has 208 valence electrons. The van der Waals surface area contributed by atoms with Crippen molar-refractivity contribution in [2.24, 2.45) is 0 Å². The number of pyridine rings is 1. The van der Waals surface area contributed by atoms with Crippen LogP contribution >= 0.6 is 35.0 Å². The van der Waals surface area contributed by atoms with Crippen molar-refractivity contribution in [2.75, 3.05) is 26.9 Å². The highest BCUT2D eigenvalue weighted by atomic mass is 35.5. The van der Waals surface area contributed by atoms with Crippen LogP contribution in [-0.2, 0) is 10.5 Å². The summed E-state index contributed by atoms with van der Waals surface area (Å²) in [6.45, 7) is 5.38. The Morgan fingerprint density at radius 3 is 2.61 bits per heavy atom. The molecule has 0 radical (unpaired) electrons. The van der Waals surface area contributed by atoms with Crippen LogP contribution in [0.5, 0.6) is 5.75 Å². The van der Waals surface area contributed by atoms with Crippen LogP contribution in [0, 0.1) is 11.3 Å². The topological polar surface area (TPSA) is 93.3 Å². The van der Waals surface area contributed by atoms with E-state index in [4.69, 9.17) is 37.8 Å². The summed E-state index contributed by atoms with van der Waals surface area (Å²) in [4.78, 5) is 21.0. The van der Waals surface area contributed by atoms with Crippen molar-refractivity contribution in [3.63, 3.8) is 0 Å². The molecule has 0 saturated carbocycles. The van der Waals surface area contributed by atoms with Crippen LogP contribution in [0.15, 0.2) is 53.7 Å². The molecule has 4 heterocycles. The Labute approximate surface area is 251 Å². The van der Waals surface area contributed by atoms with Crippen molar-refractivity contribution < 1.29 is 14.3 Å². The second-order valence-electron chi connectivity index (χ2n) is 10.5. The molecule has 8 nitrogen and oxygen atoms in total. The minimum absolute atomic E-state index is 0.156. The molecule has 1 amide bonds. The number of thioether (sulfide) groups is 1. The van der Waals surface area contributed by atoms with Gasteiger partial charge in [0.15, 0.2) is 5.69 Å². The van der Waals surface area contributed by atoms with Crippen molar-refractivity contribution in [3.8, 4) is 39.9 Å². The van der Waals surface area contributed by atoms with Gasteiger partial charge in [-0.15, -0.1) is 11.8 Å². The van der Waals surface area contributed by atoms with E-state index in [-0.39, 0.29) is 5.91 Å². The molecule has 0 aliphatic carbocycles. The predicted octanol–water partition coefficient (Wildman–Crippen LogP) is 6.65. The molecule has 2 aliphatic heterocycles. The second-order valence-corrected chi connectivity index (χ2v) is 12.3. The van der Waals surface area contributed by atoms with Crippen LogP contribution in [0.4, 0.5) is 0 Å². The molecule has 4 aromatic rings. The zero-order valence-electron chi connectivity index (χ0n) is 22.6. The maximum Gasteiger partial charge on any atom is 0.276 e. The fraction of sp³-hybridized carbons (Fsp3) is 0.267. The zero-order chi connectivity index (χ0) is 28.9. The van der Waals surface area contributed by atoms with Gasteiger partial charge in [-0.05, 0) is 55.8 Å². The lowest BCUT2D eigenvalue weighted by atomic mass is 9.96. The summed E-state index contributed by atoms with van der Waals surface area (Å²) in [7, 11) is 1.62. The first kappa shape index (κ1) is 27.6. The highest BCUT2D eigenvalue weighted by Crippen LogP contribution is 2.48. The van der Waals surface area contributed by atoms with Gasteiger partial charge in [0, 0.05) is 51.4 Å².